The average molecular weight is 189 g/mol. The molecule has 1 N–H and O–H groups in total. The van der Waals surface area contributed by atoms with Crippen LogP contribution in [0.5, 0.6) is 0 Å². The van der Waals surface area contributed by atoms with Crippen molar-refractivity contribution in [3.63, 3.8) is 0 Å². The van der Waals surface area contributed by atoms with E-state index in [0.717, 1.165) is 17.5 Å². The second-order valence-corrected chi connectivity index (χ2v) is 3.51. The summed E-state index contributed by atoms with van der Waals surface area (Å²) in [5, 5.41) is 17.9. The van der Waals surface area contributed by atoms with Crippen molar-refractivity contribution in [1.82, 2.24) is 0 Å². The van der Waals surface area contributed by atoms with Crippen LogP contribution in [-0.2, 0) is 6.42 Å². The Balaban J connectivity index is 3.12. The second-order valence-electron chi connectivity index (χ2n) is 3.51. The van der Waals surface area contributed by atoms with Crippen LogP contribution in [0.3, 0.4) is 0 Å². The van der Waals surface area contributed by atoms with Crippen LogP contribution in [-0.4, -0.2) is 11.7 Å². The van der Waals surface area contributed by atoms with Gasteiger partial charge in [-0.1, -0.05) is 19.9 Å². The molecule has 0 bridgehead atoms. The lowest BCUT2D eigenvalue weighted by Gasteiger charge is -2.10. The summed E-state index contributed by atoms with van der Waals surface area (Å²) in [6, 6.07) is 7.94. The van der Waals surface area contributed by atoms with Crippen molar-refractivity contribution in [3.8, 4) is 6.07 Å². The molecule has 1 unspecified atom stereocenters. The van der Waals surface area contributed by atoms with Crippen molar-refractivity contribution in [1.29, 1.82) is 5.26 Å². The predicted octanol–water partition coefficient (Wildman–Crippen LogP) is 2.22. The maximum atomic E-state index is 9.03. The Morgan fingerprint density at radius 2 is 2.14 bits per heavy atom. The van der Waals surface area contributed by atoms with Crippen LogP contribution in [0.25, 0.3) is 0 Å². The van der Waals surface area contributed by atoms with Crippen LogP contribution >= 0.6 is 0 Å². The summed E-state index contributed by atoms with van der Waals surface area (Å²) in [6.07, 6.45) is 0.917. The van der Waals surface area contributed by atoms with Gasteiger partial charge in [0, 0.05) is 12.5 Å². The Morgan fingerprint density at radius 1 is 1.43 bits per heavy atom. The first kappa shape index (κ1) is 10.7. The van der Waals surface area contributed by atoms with E-state index in [1.807, 2.05) is 19.1 Å². The Hall–Kier alpha value is -1.33. The standard InChI is InChI=1S/C12H15NO/c1-3-10-4-11(7-13)6-12(5-10)9(2)8-14/h4-6,9,14H,3,8H2,1-2H3. The van der Waals surface area contributed by atoms with Gasteiger partial charge < -0.3 is 5.11 Å². The highest BCUT2D eigenvalue weighted by Gasteiger charge is 2.06. The molecule has 0 saturated heterocycles. The third-order valence-corrected chi connectivity index (χ3v) is 2.40. The molecule has 1 rings (SSSR count). The third kappa shape index (κ3) is 2.34. The lowest BCUT2D eigenvalue weighted by molar-refractivity contribution is 0.273. The van der Waals surface area contributed by atoms with Crippen molar-refractivity contribution in [3.05, 3.63) is 34.9 Å². The van der Waals surface area contributed by atoms with E-state index in [-0.39, 0.29) is 12.5 Å². The highest BCUT2D eigenvalue weighted by molar-refractivity contribution is 5.38. The maximum absolute atomic E-state index is 9.03. The van der Waals surface area contributed by atoms with Crippen LogP contribution in [0, 0.1) is 11.3 Å². The summed E-state index contributed by atoms with van der Waals surface area (Å²) in [5.74, 6) is 0.105. The Bertz CT molecular complexity index is 352. The highest BCUT2D eigenvalue weighted by atomic mass is 16.3. The van der Waals surface area contributed by atoms with Gasteiger partial charge >= 0.3 is 0 Å². The summed E-state index contributed by atoms with van der Waals surface area (Å²) >= 11 is 0. The molecule has 0 aliphatic rings. The number of rotatable bonds is 3. The fourth-order valence-electron chi connectivity index (χ4n) is 1.38. The fraction of sp³-hybridized carbons (Fsp3) is 0.417. The van der Waals surface area contributed by atoms with Crippen LogP contribution in [0.2, 0.25) is 0 Å². The molecule has 2 heteroatoms. The number of aliphatic hydroxyl groups excluding tert-OH is 1. The number of hydrogen-bond donors (Lipinski definition) is 1. The topological polar surface area (TPSA) is 44.0 Å². The van der Waals surface area contributed by atoms with E-state index in [1.54, 1.807) is 0 Å². The molecule has 1 aromatic carbocycles. The van der Waals surface area contributed by atoms with Gasteiger partial charge in [0.05, 0.1) is 11.6 Å². The fourth-order valence-corrected chi connectivity index (χ4v) is 1.38. The molecule has 0 heterocycles. The first-order chi connectivity index (χ1) is 6.71. The molecule has 0 amide bonds. The third-order valence-electron chi connectivity index (χ3n) is 2.40. The van der Waals surface area contributed by atoms with E-state index < -0.39 is 0 Å². The second kappa shape index (κ2) is 4.78. The molecule has 1 aromatic rings. The van der Waals surface area contributed by atoms with Gasteiger partial charge in [-0.2, -0.15) is 5.26 Å². The van der Waals surface area contributed by atoms with Gasteiger partial charge in [-0.25, -0.2) is 0 Å². The smallest absolute Gasteiger partial charge is 0.0991 e. The zero-order chi connectivity index (χ0) is 10.6. The van der Waals surface area contributed by atoms with E-state index in [0.29, 0.717) is 5.56 Å². The SMILES string of the molecule is CCc1cc(C#N)cc(C(C)CO)c1. The monoisotopic (exact) mass is 189 g/mol. The molecule has 0 radical (unpaired) electrons. The summed E-state index contributed by atoms with van der Waals surface area (Å²) in [4.78, 5) is 0. The molecule has 0 aliphatic carbocycles. The number of aliphatic hydroxyl groups is 1. The van der Waals surface area contributed by atoms with Crippen molar-refractivity contribution in [2.45, 2.75) is 26.2 Å². The van der Waals surface area contributed by atoms with Gasteiger partial charge in [0.25, 0.3) is 0 Å². The van der Waals surface area contributed by atoms with E-state index >= 15 is 0 Å². The molecule has 0 aromatic heterocycles. The van der Waals surface area contributed by atoms with E-state index in [2.05, 4.69) is 19.1 Å². The van der Waals surface area contributed by atoms with Gasteiger partial charge in [-0.05, 0) is 29.7 Å². The minimum absolute atomic E-state index is 0.105. The molecule has 0 spiro atoms. The molecule has 2 nitrogen and oxygen atoms in total. The van der Waals surface area contributed by atoms with Gasteiger partial charge in [0.1, 0.15) is 0 Å². The Kier molecular flexibility index (Phi) is 3.67. The number of nitrogens with zero attached hydrogens (tertiary/aromatic N) is 1. The van der Waals surface area contributed by atoms with Crippen molar-refractivity contribution in [2.75, 3.05) is 6.61 Å². The Morgan fingerprint density at radius 3 is 2.64 bits per heavy atom. The largest absolute Gasteiger partial charge is 0.396 e. The molecule has 0 aliphatic heterocycles. The number of nitriles is 1. The van der Waals surface area contributed by atoms with E-state index in [1.165, 1.54) is 0 Å². The van der Waals surface area contributed by atoms with Crippen molar-refractivity contribution in [2.24, 2.45) is 0 Å². The number of aryl methyl sites for hydroxylation is 1. The summed E-state index contributed by atoms with van der Waals surface area (Å²) in [5.41, 5.74) is 2.88. The number of benzene rings is 1. The highest BCUT2D eigenvalue weighted by Crippen LogP contribution is 2.18. The molecule has 74 valence electrons. The summed E-state index contributed by atoms with van der Waals surface area (Å²) in [7, 11) is 0. The van der Waals surface area contributed by atoms with Crippen molar-refractivity contribution < 1.29 is 5.11 Å². The van der Waals surface area contributed by atoms with Gasteiger partial charge in [0.15, 0.2) is 0 Å². The predicted molar refractivity (Wildman–Crippen MR) is 56.0 cm³/mol. The zero-order valence-corrected chi connectivity index (χ0v) is 8.62. The molecule has 0 fully saturated rings. The van der Waals surface area contributed by atoms with Crippen molar-refractivity contribution >= 4 is 0 Å². The minimum atomic E-state index is 0.105. The first-order valence-corrected chi connectivity index (χ1v) is 4.86. The van der Waals surface area contributed by atoms with Gasteiger partial charge in [0.2, 0.25) is 0 Å². The van der Waals surface area contributed by atoms with Crippen LogP contribution in [0.4, 0.5) is 0 Å². The maximum Gasteiger partial charge on any atom is 0.0991 e. The average Bonchev–Trinajstić information content (AvgIpc) is 2.27. The molecular weight excluding hydrogens is 174 g/mol. The van der Waals surface area contributed by atoms with Gasteiger partial charge in [-0.3, -0.25) is 0 Å². The molecular formula is C12H15NO. The molecule has 1 atom stereocenters. The van der Waals surface area contributed by atoms with Crippen LogP contribution in [0.1, 0.15) is 36.5 Å². The lowest BCUT2D eigenvalue weighted by atomic mass is 9.96. The van der Waals surface area contributed by atoms with E-state index in [9.17, 15) is 0 Å². The Labute approximate surface area is 84.8 Å². The lowest BCUT2D eigenvalue weighted by Crippen LogP contribution is -2.00. The normalized spacial score (nSPS) is 12.1. The molecule has 0 saturated carbocycles. The summed E-state index contributed by atoms with van der Waals surface area (Å²) < 4.78 is 0. The van der Waals surface area contributed by atoms with Crippen LogP contribution < -0.4 is 0 Å². The molecule has 14 heavy (non-hydrogen) atoms. The van der Waals surface area contributed by atoms with E-state index in [4.69, 9.17) is 10.4 Å². The minimum Gasteiger partial charge on any atom is -0.396 e. The first-order valence-electron chi connectivity index (χ1n) is 4.86. The summed E-state index contributed by atoms with van der Waals surface area (Å²) in [6.45, 7) is 4.14. The quantitative estimate of drug-likeness (QED) is 0.792. The van der Waals surface area contributed by atoms with Gasteiger partial charge in [-0.15, -0.1) is 0 Å². The van der Waals surface area contributed by atoms with Crippen LogP contribution in [0.15, 0.2) is 18.2 Å². The number of hydrogen-bond acceptors (Lipinski definition) is 2. The zero-order valence-electron chi connectivity index (χ0n) is 8.62.